The maximum Gasteiger partial charge on any atom is 0.250 e. The topological polar surface area (TPSA) is 72.2 Å². The van der Waals surface area contributed by atoms with Crippen LogP contribution in [0.5, 0.6) is 0 Å². The van der Waals surface area contributed by atoms with E-state index in [1.807, 2.05) is 30.3 Å². The average molecular weight is 282 g/mol. The zero-order valence-electron chi connectivity index (χ0n) is 9.61. The number of nitrogens with two attached hydrogens (primary N) is 1. The van der Waals surface area contributed by atoms with Crippen molar-refractivity contribution >= 4 is 21.4 Å². The third-order valence-corrected chi connectivity index (χ3v) is 5.30. The monoisotopic (exact) mass is 282 g/mol. The fourth-order valence-electron chi connectivity index (χ4n) is 1.51. The number of nitrogens with one attached hydrogen (secondary N) is 1. The first-order chi connectivity index (χ1) is 8.59. The molecule has 0 saturated carbocycles. The SMILES string of the molecule is N[C@@H](CNS(=O)(=O)c1cccs1)c1ccccc1. The molecule has 0 aliphatic carbocycles. The van der Waals surface area contributed by atoms with E-state index in [9.17, 15) is 8.42 Å². The molecule has 2 rings (SSSR count). The molecule has 6 heteroatoms. The number of rotatable bonds is 5. The molecule has 1 heterocycles. The van der Waals surface area contributed by atoms with E-state index in [1.54, 1.807) is 17.5 Å². The van der Waals surface area contributed by atoms with Crippen LogP contribution >= 0.6 is 11.3 Å². The van der Waals surface area contributed by atoms with Crippen LogP contribution in [0.1, 0.15) is 11.6 Å². The van der Waals surface area contributed by atoms with Crippen molar-refractivity contribution in [3.05, 3.63) is 53.4 Å². The third-order valence-electron chi connectivity index (χ3n) is 2.48. The van der Waals surface area contributed by atoms with E-state index in [4.69, 9.17) is 5.73 Å². The lowest BCUT2D eigenvalue weighted by atomic mass is 10.1. The maximum absolute atomic E-state index is 11.9. The van der Waals surface area contributed by atoms with E-state index in [1.165, 1.54) is 11.3 Å². The van der Waals surface area contributed by atoms with Crippen LogP contribution < -0.4 is 10.5 Å². The molecule has 2 aromatic rings. The number of hydrogen-bond donors (Lipinski definition) is 2. The molecule has 0 saturated heterocycles. The van der Waals surface area contributed by atoms with E-state index in [-0.39, 0.29) is 12.6 Å². The van der Waals surface area contributed by atoms with Gasteiger partial charge in [-0.05, 0) is 17.0 Å². The highest BCUT2D eigenvalue weighted by Crippen LogP contribution is 2.16. The van der Waals surface area contributed by atoms with Crippen molar-refractivity contribution in [3.63, 3.8) is 0 Å². The maximum atomic E-state index is 11.9. The predicted octanol–water partition coefficient (Wildman–Crippen LogP) is 1.73. The van der Waals surface area contributed by atoms with Crippen molar-refractivity contribution in [2.75, 3.05) is 6.54 Å². The van der Waals surface area contributed by atoms with Crippen molar-refractivity contribution in [3.8, 4) is 0 Å². The highest BCUT2D eigenvalue weighted by atomic mass is 32.2. The molecule has 0 radical (unpaired) electrons. The van der Waals surface area contributed by atoms with Crippen LogP contribution in [0, 0.1) is 0 Å². The van der Waals surface area contributed by atoms with E-state index in [0.717, 1.165) is 5.56 Å². The van der Waals surface area contributed by atoms with Gasteiger partial charge in [0.1, 0.15) is 4.21 Å². The van der Waals surface area contributed by atoms with E-state index in [0.29, 0.717) is 4.21 Å². The van der Waals surface area contributed by atoms with Gasteiger partial charge in [0.05, 0.1) is 0 Å². The van der Waals surface area contributed by atoms with Crippen LogP contribution in [0.3, 0.4) is 0 Å². The second-order valence-corrected chi connectivity index (χ2v) is 6.74. The van der Waals surface area contributed by atoms with E-state index >= 15 is 0 Å². The molecule has 96 valence electrons. The number of sulfonamides is 1. The lowest BCUT2D eigenvalue weighted by Crippen LogP contribution is -2.31. The van der Waals surface area contributed by atoms with Gasteiger partial charge in [0.25, 0.3) is 0 Å². The largest absolute Gasteiger partial charge is 0.323 e. The summed E-state index contributed by atoms with van der Waals surface area (Å²) in [5.41, 5.74) is 6.84. The normalized spacial score (nSPS) is 13.4. The first-order valence-electron chi connectivity index (χ1n) is 5.43. The quantitative estimate of drug-likeness (QED) is 0.877. The molecule has 1 atom stereocenters. The Morgan fingerprint density at radius 1 is 1.17 bits per heavy atom. The standard InChI is InChI=1S/C12H14N2O2S2/c13-11(10-5-2-1-3-6-10)9-14-18(15,16)12-7-4-8-17-12/h1-8,11,14H,9,13H2/t11-/m0/s1. The first-order valence-corrected chi connectivity index (χ1v) is 7.79. The Bertz CT molecular complexity index is 580. The molecule has 0 aliphatic rings. The Morgan fingerprint density at radius 2 is 1.89 bits per heavy atom. The molecule has 1 aromatic heterocycles. The van der Waals surface area contributed by atoms with Crippen LogP contribution in [0.2, 0.25) is 0 Å². The summed E-state index contributed by atoms with van der Waals surface area (Å²) < 4.78 is 26.6. The molecule has 4 nitrogen and oxygen atoms in total. The van der Waals surface area contributed by atoms with Crippen molar-refractivity contribution in [2.24, 2.45) is 5.73 Å². The zero-order chi connectivity index (χ0) is 13.0. The summed E-state index contributed by atoms with van der Waals surface area (Å²) in [5, 5.41) is 1.73. The minimum atomic E-state index is -3.43. The molecule has 0 unspecified atom stereocenters. The van der Waals surface area contributed by atoms with Crippen LogP contribution in [-0.4, -0.2) is 15.0 Å². The minimum absolute atomic E-state index is 0.185. The Balaban J connectivity index is 2.00. The van der Waals surface area contributed by atoms with Gasteiger partial charge in [-0.25, -0.2) is 13.1 Å². The fourth-order valence-corrected chi connectivity index (χ4v) is 3.60. The Hall–Kier alpha value is -1.21. The summed E-state index contributed by atoms with van der Waals surface area (Å²) in [4.78, 5) is 0. The second kappa shape index (κ2) is 5.62. The van der Waals surface area contributed by atoms with Crippen LogP contribution in [-0.2, 0) is 10.0 Å². The van der Waals surface area contributed by atoms with Gasteiger partial charge in [-0.15, -0.1) is 11.3 Å². The summed E-state index contributed by atoms with van der Waals surface area (Å²) in [6.45, 7) is 0.185. The molecule has 1 aromatic carbocycles. The smallest absolute Gasteiger partial charge is 0.250 e. The highest BCUT2D eigenvalue weighted by Gasteiger charge is 2.16. The Morgan fingerprint density at radius 3 is 2.50 bits per heavy atom. The fraction of sp³-hybridized carbons (Fsp3) is 0.167. The number of hydrogen-bond acceptors (Lipinski definition) is 4. The summed E-state index contributed by atoms with van der Waals surface area (Å²) in [6, 6.07) is 12.3. The van der Waals surface area contributed by atoms with Crippen LogP contribution in [0.15, 0.2) is 52.1 Å². The minimum Gasteiger partial charge on any atom is -0.323 e. The first kappa shape index (κ1) is 13.2. The summed E-state index contributed by atoms with van der Waals surface area (Å²) in [7, 11) is -3.43. The lowest BCUT2D eigenvalue weighted by molar-refractivity contribution is 0.574. The molecular formula is C12H14N2O2S2. The number of thiophene rings is 1. The molecular weight excluding hydrogens is 268 g/mol. The molecule has 0 aliphatic heterocycles. The van der Waals surface area contributed by atoms with Gasteiger partial charge in [0.15, 0.2) is 0 Å². The van der Waals surface area contributed by atoms with Crippen molar-refractivity contribution in [2.45, 2.75) is 10.3 Å². The molecule has 0 amide bonds. The van der Waals surface area contributed by atoms with Crippen molar-refractivity contribution < 1.29 is 8.42 Å². The van der Waals surface area contributed by atoms with Gasteiger partial charge >= 0.3 is 0 Å². The van der Waals surface area contributed by atoms with Gasteiger partial charge in [0, 0.05) is 12.6 Å². The van der Waals surface area contributed by atoms with Gasteiger partial charge in [0.2, 0.25) is 10.0 Å². The molecule has 18 heavy (non-hydrogen) atoms. The molecule has 0 fully saturated rings. The third kappa shape index (κ3) is 3.17. The molecule has 0 spiro atoms. The molecule has 3 N–H and O–H groups in total. The average Bonchev–Trinajstić information content (AvgIpc) is 2.92. The summed E-state index contributed by atoms with van der Waals surface area (Å²) >= 11 is 1.19. The summed E-state index contributed by atoms with van der Waals surface area (Å²) in [6.07, 6.45) is 0. The van der Waals surface area contributed by atoms with Gasteiger partial charge in [-0.3, -0.25) is 0 Å². The Kier molecular flexibility index (Phi) is 4.13. The number of benzene rings is 1. The van der Waals surface area contributed by atoms with Crippen molar-refractivity contribution in [1.82, 2.24) is 4.72 Å². The van der Waals surface area contributed by atoms with E-state index in [2.05, 4.69) is 4.72 Å². The van der Waals surface area contributed by atoms with Gasteiger partial charge in [-0.1, -0.05) is 36.4 Å². The Labute approximate surface area is 111 Å². The van der Waals surface area contributed by atoms with Crippen LogP contribution in [0.4, 0.5) is 0 Å². The lowest BCUT2D eigenvalue weighted by Gasteiger charge is -2.12. The van der Waals surface area contributed by atoms with Gasteiger partial charge < -0.3 is 5.73 Å². The predicted molar refractivity (Wildman–Crippen MR) is 72.9 cm³/mol. The van der Waals surface area contributed by atoms with E-state index < -0.39 is 10.0 Å². The second-order valence-electron chi connectivity index (χ2n) is 3.80. The summed E-state index contributed by atoms with van der Waals surface area (Å²) in [5.74, 6) is 0. The van der Waals surface area contributed by atoms with Crippen LogP contribution in [0.25, 0.3) is 0 Å². The zero-order valence-corrected chi connectivity index (χ0v) is 11.2. The van der Waals surface area contributed by atoms with Crippen molar-refractivity contribution in [1.29, 1.82) is 0 Å². The van der Waals surface area contributed by atoms with Gasteiger partial charge in [-0.2, -0.15) is 0 Å². The highest BCUT2D eigenvalue weighted by molar-refractivity contribution is 7.91. The molecule has 0 bridgehead atoms.